The molecule has 1 saturated heterocycles. The molecule has 15 heavy (non-hydrogen) atoms. The van der Waals surface area contributed by atoms with Crippen molar-refractivity contribution < 1.29 is 4.79 Å². The van der Waals surface area contributed by atoms with Crippen LogP contribution >= 0.6 is 0 Å². The molecule has 0 bridgehead atoms. The Kier molecular flexibility index (Phi) is 4.54. The zero-order chi connectivity index (χ0) is 11.4. The molecule has 1 fully saturated rings. The van der Waals surface area contributed by atoms with E-state index in [1.807, 2.05) is 11.8 Å². The third-order valence-electron chi connectivity index (χ3n) is 3.36. The minimum atomic E-state index is -0.321. The van der Waals surface area contributed by atoms with E-state index in [1.165, 1.54) is 0 Å². The molecule has 1 amide bonds. The summed E-state index contributed by atoms with van der Waals surface area (Å²) < 4.78 is 0. The second-order valence-electron chi connectivity index (χ2n) is 4.54. The van der Waals surface area contributed by atoms with Crippen molar-refractivity contribution in [3.63, 3.8) is 0 Å². The lowest BCUT2D eigenvalue weighted by Gasteiger charge is -2.34. The first-order valence-electron chi connectivity index (χ1n) is 5.79. The predicted octanol–water partition coefficient (Wildman–Crippen LogP) is 0.134. The highest BCUT2D eigenvalue weighted by Crippen LogP contribution is 2.10. The maximum absolute atomic E-state index is 12.0. The Morgan fingerprint density at radius 3 is 2.33 bits per heavy atom. The molecule has 4 heteroatoms. The van der Waals surface area contributed by atoms with Crippen LogP contribution in [0.4, 0.5) is 0 Å². The van der Waals surface area contributed by atoms with Gasteiger partial charge in [-0.3, -0.25) is 4.79 Å². The normalized spacial score (nSPS) is 22.5. The summed E-state index contributed by atoms with van der Waals surface area (Å²) in [5, 5.41) is 0. The summed E-state index contributed by atoms with van der Waals surface area (Å²) in [7, 11) is 2.08. The highest BCUT2D eigenvalue weighted by atomic mass is 16.2. The third kappa shape index (κ3) is 3.18. The lowest BCUT2D eigenvalue weighted by atomic mass is 9.98. The molecule has 0 aromatic heterocycles. The van der Waals surface area contributed by atoms with E-state index in [2.05, 4.69) is 18.9 Å². The van der Waals surface area contributed by atoms with Crippen LogP contribution in [0.1, 0.15) is 20.3 Å². The molecule has 2 unspecified atom stereocenters. The largest absolute Gasteiger partial charge is 0.339 e. The van der Waals surface area contributed by atoms with Crippen molar-refractivity contribution >= 4 is 5.91 Å². The van der Waals surface area contributed by atoms with Crippen LogP contribution in [0.3, 0.4) is 0 Å². The van der Waals surface area contributed by atoms with Crippen LogP contribution in [-0.2, 0) is 4.79 Å². The number of nitrogens with two attached hydrogens (primary N) is 1. The van der Waals surface area contributed by atoms with Crippen LogP contribution in [0, 0.1) is 5.92 Å². The Hall–Kier alpha value is -0.610. The van der Waals surface area contributed by atoms with Gasteiger partial charge in [-0.1, -0.05) is 20.3 Å². The molecule has 1 aliphatic rings. The molecule has 0 spiro atoms. The minimum absolute atomic E-state index is 0.123. The Morgan fingerprint density at radius 1 is 1.33 bits per heavy atom. The molecule has 1 heterocycles. The summed E-state index contributed by atoms with van der Waals surface area (Å²) in [5.41, 5.74) is 5.93. The van der Waals surface area contributed by atoms with Gasteiger partial charge >= 0.3 is 0 Å². The molecule has 0 aliphatic carbocycles. The van der Waals surface area contributed by atoms with Gasteiger partial charge in [0.05, 0.1) is 6.04 Å². The molecule has 0 saturated carbocycles. The van der Waals surface area contributed by atoms with Crippen molar-refractivity contribution in [2.45, 2.75) is 26.3 Å². The molecule has 4 nitrogen and oxygen atoms in total. The van der Waals surface area contributed by atoms with Crippen LogP contribution in [0.5, 0.6) is 0 Å². The van der Waals surface area contributed by atoms with E-state index in [-0.39, 0.29) is 17.9 Å². The molecule has 1 rings (SSSR count). The Labute approximate surface area is 92.4 Å². The molecule has 0 radical (unpaired) electrons. The second kappa shape index (κ2) is 5.47. The van der Waals surface area contributed by atoms with E-state index in [4.69, 9.17) is 5.73 Å². The highest BCUT2D eigenvalue weighted by molar-refractivity contribution is 5.82. The van der Waals surface area contributed by atoms with Crippen molar-refractivity contribution in [1.29, 1.82) is 0 Å². The average Bonchev–Trinajstić information content (AvgIpc) is 2.27. The maximum Gasteiger partial charge on any atom is 0.239 e. The van der Waals surface area contributed by atoms with Crippen molar-refractivity contribution in [3.8, 4) is 0 Å². The van der Waals surface area contributed by atoms with Crippen LogP contribution < -0.4 is 5.73 Å². The first-order chi connectivity index (χ1) is 7.06. The number of likely N-dealkylation sites (N-methyl/N-ethyl adjacent to an activating group) is 1. The summed E-state index contributed by atoms with van der Waals surface area (Å²) in [4.78, 5) is 16.1. The van der Waals surface area contributed by atoms with E-state index >= 15 is 0 Å². The van der Waals surface area contributed by atoms with Crippen LogP contribution in [0.25, 0.3) is 0 Å². The number of carbonyl (C=O) groups excluding carboxylic acids is 1. The highest BCUT2D eigenvalue weighted by Gasteiger charge is 2.26. The topological polar surface area (TPSA) is 49.6 Å². The quantitative estimate of drug-likeness (QED) is 0.725. The van der Waals surface area contributed by atoms with Gasteiger partial charge in [0.15, 0.2) is 0 Å². The van der Waals surface area contributed by atoms with E-state index in [0.29, 0.717) is 0 Å². The van der Waals surface area contributed by atoms with Crippen LogP contribution in [-0.4, -0.2) is 55.0 Å². The van der Waals surface area contributed by atoms with Gasteiger partial charge in [0.1, 0.15) is 0 Å². The van der Waals surface area contributed by atoms with Gasteiger partial charge in [0.2, 0.25) is 5.91 Å². The van der Waals surface area contributed by atoms with Gasteiger partial charge in [-0.25, -0.2) is 0 Å². The molecule has 0 aromatic rings. The second-order valence-corrected chi connectivity index (χ2v) is 4.54. The van der Waals surface area contributed by atoms with Gasteiger partial charge in [-0.2, -0.15) is 0 Å². The van der Waals surface area contributed by atoms with E-state index in [1.54, 1.807) is 0 Å². The molecular formula is C11H23N3O. The van der Waals surface area contributed by atoms with E-state index in [0.717, 1.165) is 32.6 Å². The number of nitrogens with zero attached hydrogens (tertiary/aromatic N) is 2. The number of hydrogen-bond acceptors (Lipinski definition) is 3. The fourth-order valence-corrected chi connectivity index (χ4v) is 1.73. The first-order valence-corrected chi connectivity index (χ1v) is 5.79. The smallest absolute Gasteiger partial charge is 0.239 e. The monoisotopic (exact) mass is 213 g/mol. The fraction of sp³-hybridized carbons (Fsp3) is 0.909. The molecule has 2 N–H and O–H groups in total. The van der Waals surface area contributed by atoms with Crippen LogP contribution in [0.15, 0.2) is 0 Å². The first kappa shape index (κ1) is 12.5. The van der Waals surface area contributed by atoms with Gasteiger partial charge in [0, 0.05) is 26.2 Å². The zero-order valence-electron chi connectivity index (χ0n) is 10.1. The average molecular weight is 213 g/mol. The summed E-state index contributed by atoms with van der Waals surface area (Å²) in [6, 6.07) is -0.321. The number of hydrogen-bond donors (Lipinski definition) is 1. The van der Waals surface area contributed by atoms with Gasteiger partial charge < -0.3 is 15.5 Å². The molecular weight excluding hydrogens is 190 g/mol. The van der Waals surface area contributed by atoms with E-state index < -0.39 is 0 Å². The molecule has 0 aromatic carbocycles. The number of amides is 1. The Bertz CT molecular complexity index is 212. The summed E-state index contributed by atoms with van der Waals surface area (Å²) >= 11 is 0. The van der Waals surface area contributed by atoms with Crippen molar-refractivity contribution in [3.05, 3.63) is 0 Å². The van der Waals surface area contributed by atoms with Crippen LogP contribution in [0.2, 0.25) is 0 Å². The number of carbonyl (C=O) groups is 1. The summed E-state index contributed by atoms with van der Waals surface area (Å²) in [6.07, 6.45) is 0.959. The lowest BCUT2D eigenvalue weighted by Crippen LogP contribution is -2.53. The summed E-state index contributed by atoms with van der Waals surface area (Å²) in [6.45, 7) is 7.66. The maximum atomic E-state index is 12.0. The van der Waals surface area contributed by atoms with Gasteiger partial charge in [0.25, 0.3) is 0 Å². The van der Waals surface area contributed by atoms with E-state index in [9.17, 15) is 4.79 Å². The number of piperazine rings is 1. The van der Waals surface area contributed by atoms with Crippen molar-refractivity contribution in [2.75, 3.05) is 33.2 Å². The molecule has 2 atom stereocenters. The fourth-order valence-electron chi connectivity index (χ4n) is 1.73. The Morgan fingerprint density at radius 2 is 1.87 bits per heavy atom. The molecule has 1 aliphatic heterocycles. The number of rotatable bonds is 3. The predicted molar refractivity (Wildman–Crippen MR) is 61.5 cm³/mol. The lowest BCUT2D eigenvalue weighted by molar-refractivity contribution is -0.135. The summed E-state index contributed by atoms with van der Waals surface area (Å²) in [5.74, 6) is 0.398. The van der Waals surface area contributed by atoms with Crippen molar-refractivity contribution in [2.24, 2.45) is 11.7 Å². The molecule has 88 valence electrons. The standard InChI is InChI=1S/C11H23N3O/c1-4-9(2)10(12)11(15)14-7-5-13(3)6-8-14/h9-10H,4-8,12H2,1-3H3. The SMILES string of the molecule is CCC(C)C(N)C(=O)N1CCN(C)CC1. The van der Waals surface area contributed by atoms with Gasteiger partial charge in [-0.05, 0) is 13.0 Å². The van der Waals surface area contributed by atoms with Crippen molar-refractivity contribution in [1.82, 2.24) is 9.80 Å². The third-order valence-corrected chi connectivity index (χ3v) is 3.36. The minimum Gasteiger partial charge on any atom is -0.339 e. The Balaban J connectivity index is 2.46. The zero-order valence-corrected chi connectivity index (χ0v) is 10.1. The van der Waals surface area contributed by atoms with Gasteiger partial charge in [-0.15, -0.1) is 0 Å².